The maximum atomic E-state index is 13.5. The first-order valence-electron chi connectivity index (χ1n) is 10.2. The van der Waals surface area contributed by atoms with E-state index in [0.29, 0.717) is 31.3 Å². The minimum absolute atomic E-state index is 0.106. The highest BCUT2D eigenvalue weighted by molar-refractivity contribution is 9.11. The Morgan fingerprint density at radius 3 is 2.11 bits per heavy atom. The van der Waals surface area contributed by atoms with E-state index >= 15 is 0 Å². The molecule has 186 valence electrons. The van der Waals surface area contributed by atoms with Gasteiger partial charge in [-0.15, -0.1) is 0 Å². The molecular formula is C23H14Br4N2O6S. The molecule has 3 aromatic rings. The van der Waals surface area contributed by atoms with Gasteiger partial charge in [-0.25, -0.2) is 4.79 Å². The number of halogens is 4. The maximum Gasteiger partial charge on any atom is 0.342 e. The predicted molar refractivity (Wildman–Crippen MR) is 150 cm³/mol. The number of fused-ring (bicyclic) bond motifs is 6. The first-order chi connectivity index (χ1) is 17.1. The third-order valence-corrected chi connectivity index (χ3v) is 8.73. The van der Waals surface area contributed by atoms with Crippen LogP contribution in [0.3, 0.4) is 0 Å². The molecule has 0 bridgehead atoms. The summed E-state index contributed by atoms with van der Waals surface area (Å²) in [5, 5.41) is 36.3. The van der Waals surface area contributed by atoms with Crippen LogP contribution in [0.1, 0.15) is 27.0 Å². The molecule has 3 aromatic carbocycles. The number of thiocarbonyl (C=S) groups is 1. The number of phenols is 2. The summed E-state index contributed by atoms with van der Waals surface area (Å²) in [5.74, 6) is -0.401. The number of esters is 1. The van der Waals surface area contributed by atoms with Crippen molar-refractivity contribution in [2.24, 2.45) is 0 Å². The van der Waals surface area contributed by atoms with Gasteiger partial charge in [0.25, 0.3) is 0 Å². The Balaban J connectivity index is 1.83. The number of anilines is 1. The van der Waals surface area contributed by atoms with Crippen molar-refractivity contribution in [2.45, 2.75) is 5.60 Å². The van der Waals surface area contributed by atoms with Crippen LogP contribution in [0.15, 0.2) is 48.2 Å². The van der Waals surface area contributed by atoms with E-state index in [1.54, 1.807) is 30.3 Å². The Hall–Kier alpha value is -1.90. The van der Waals surface area contributed by atoms with Gasteiger partial charge in [0, 0.05) is 12.1 Å². The van der Waals surface area contributed by atoms with Gasteiger partial charge < -0.3 is 35.4 Å². The first-order valence-corrected chi connectivity index (χ1v) is 13.8. The summed E-state index contributed by atoms with van der Waals surface area (Å²) in [4.78, 5) is 13.5. The van der Waals surface area contributed by atoms with E-state index in [2.05, 4.69) is 74.4 Å². The van der Waals surface area contributed by atoms with Crippen LogP contribution in [0.25, 0.3) is 0 Å². The molecule has 1 spiro atoms. The van der Waals surface area contributed by atoms with Gasteiger partial charge in [0.15, 0.2) is 22.2 Å². The zero-order valence-corrected chi connectivity index (χ0v) is 24.9. The van der Waals surface area contributed by atoms with Crippen LogP contribution in [0, 0.1) is 0 Å². The molecule has 8 nitrogen and oxygen atoms in total. The highest BCUT2D eigenvalue weighted by Gasteiger charge is 2.56. The number of aromatic hydroxyl groups is 2. The molecule has 0 amide bonds. The zero-order chi connectivity index (χ0) is 25.9. The summed E-state index contributed by atoms with van der Waals surface area (Å²) in [7, 11) is 0. The van der Waals surface area contributed by atoms with E-state index in [1.165, 1.54) is 0 Å². The van der Waals surface area contributed by atoms with Crippen LogP contribution >= 0.6 is 75.9 Å². The number of aliphatic hydroxyl groups excluding tert-OH is 1. The number of rotatable bonds is 3. The van der Waals surface area contributed by atoms with Gasteiger partial charge in [0.2, 0.25) is 0 Å². The minimum Gasteiger partial charge on any atom is -0.505 e. The molecule has 5 N–H and O–H groups in total. The Labute approximate surface area is 243 Å². The lowest BCUT2D eigenvalue weighted by Gasteiger charge is -2.37. The van der Waals surface area contributed by atoms with Crippen molar-refractivity contribution >= 4 is 92.7 Å². The average Bonchev–Trinajstić information content (AvgIpc) is 3.15. The van der Waals surface area contributed by atoms with E-state index < -0.39 is 11.6 Å². The Kier molecular flexibility index (Phi) is 6.75. The molecule has 5 rings (SSSR count). The van der Waals surface area contributed by atoms with E-state index in [1.807, 2.05) is 0 Å². The topological polar surface area (TPSA) is 120 Å². The molecule has 2 aliphatic rings. The van der Waals surface area contributed by atoms with Gasteiger partial charge in [-0.3, -0.25) is 0 Å². The normalized spacial score (nSPS) is 14.4. The monoisotopic (exact) mass is 762 g/mol. The highest BCUT2D eigenvalue weighted by atomic mass is 79.9. The molecule has 2 heterocycles. The van der Waals surface area contributed by atoms with Gasteiger partial charge >= 0.3 is 5.97 Å². The molecule has 0 aromatic heterocycles. The lowest BCUT2D eigenvalue weighted by molar-refractivity contribution is 0.0223. The van der Waals surface area contributed by atoms with Crippen LogP contribution in [0.5, 0.6) is 23.0 Å². The number of aliphatic hydroxyl groups is 1. The fourth-order valence-electron chi connectivity index (χ4n) is 4.30. The summed E-state index contributed by atoms with van der Waals surface area (Å²) >= 11 is 18.8. The van der Waals surface area contributed by atoms with Crippen molar-refractivity contribution in [2.75, 3.05) is 18.5 Å². The van der Waals surface area contributed by atoms with Crippen molar-refractivity contribution in [1.29, 1.82) is 0 Å². The van der Waals surface area contributed by atoms with Crippen molar-refractivity contribution in [3.63, 3.8) is 0 Å². The maximum absolute atomic E-state index is 13.5. The second-order valence-electron chi connectivity index (χ2n) is 7.80. The molecule has 2 aliphatic heterocycles. The van der Waals surface area contributed by atoms with E-state index in [4.69, 9.17) is 26.8 Å². The van der Waals surface area contributed by atoms with Crippen LogP contribution in [-0.4, -0.2) is 39.6 Å². The summed E-state index contributed by atoms with van der Waals surface area (Å²) in [6.07, 6.45) is 0. The number of phenolic OH excluding ortho intramolecular Hbond substituents is 2. The van der Waals surface area contributed by atoms with Crippen LogP contribution in [0.4, 0.5) is 5.69 Å². The summed E-state index contributed by atoms with van der Waals surface area (Å²) in [6.45, 7) is 0.130. The molecule has 0 saturated carbocycles. The molecule has 0 saturated heterocycles. The largest absolute Gasteiger partial charge is 0.505 e. The van der Waals surface area contributed by atoms with E-state index in [-0.39, 0.29) is 55.8 Å². The van der Waals surface area contributed by atoms with Crippen molar-refractivity contribution in [3.8, 4) is 23.0 Å². The highest BCUT2D eigenvalue weighted by Crippen LogP contribution is 2.62. The fourth-order valence-corrected chi connectivity index (χ4v) is 6.92. The molecule has 36 heavy (non-hydrogen) atoms. The quantitative estimate of drug-likeness (QED) is 0.162. The standard InChI is InChI=1S/C23H14Br4N2O6S/c24-11-6-9-19(15(26)17(11)31)34-20-10(7-12(25)18(32)16(20)27)23(9)8-2-1-3-13(14(8)21(33)35-23)29-22(36)28-4-5-30/h1-3,6-7,30-32H,4-5H2,(H2,28,29,36). The lowest BCUT2D eigenvalue weighted by Crippen LogP contribution is -2.33. The molecule has 0 unspecified atom stereocenters. The van der Waals surface area contributed by atoms with Crippen molar-refractivity contribution < 1.29 is 29.6 Å². The number of hydrogen-bond acceptors (Lipinski definition) is 7. The summed E-state index contributed by atoms with van der Waals surface area (Å²) < 4.78 is 13.6. The number of nitrogens with one attached hydrogen (secondary N) is 2. The van der Waals surface area contributed by atoms with Gasteiger partial charge in [-0.05, 0) is 94.1 Å². The van der Waals surface area contributed by atoms with E-state index in [0.717, 1.165) is 0 Å². The summed E-state index contributed by atoms with van der Waals surface area (Å²) in [6, 6.07) is 8.46. The molecule has 13 heteroatoms. The van der Waals surface area contributed by atoms with E-state index in [9.17, 15) is 15.0 Å². The van der Waals surface area contributed by atoms with Gasteiger partial charge in [-0.1, -0.05) is 12.1 Å². The first kappa shape index (κ1) is 25.7. The Morgan fingerprint density at radius 2 is 1.56 bits per heavy atom. The Morgan fingerprint density at radius 1 is 0.972 bits per heavy atom. The molecule has 0 atom stereocenters. The second-order valence-corrected chi connectivity index (χ2v) is 11.5. The van der Waals surface area contributed by atoms with Crippen LogP contribution in [0.2, 0.25) is 0 Å². The smallest absolute Gasteiger partial charge is 0.342 e. The number of ether oxygens (including phenoxy) is 2. The molecule has 0 radical (unpaired) electrons. The number of carbonyl (C=O) groups is 1. The van der Waals surface area contributed by atoms with Crippen molar-refractivity contribution in [1.82, 2.24) is 5.32 Å². The van der Waals surface area contributed by atoms with Crippen molar-refractivity contribution in [3.05, 3.63) is 70.5 Å². The zero-order valence-electron chi connectivity index (χ0n) is 17.8. The number of carbonyl (C=O) groups excluding carboxylic acids is 1. The van der Waals surface area contributed by atoms with Gasteiger partial charge in [-0.2, -0.15) is 0 Å². The Bertz CT molecular complexity index is 1420. The molecular weight excluding hydrogens is 752 g/mol. The third-order valence-electron chi connectivity index (χ3n) is 5.80. The van der Waals surface area contributed by atoms with Crippen LogP contribution in [-0.2, 0) is 10.3 Å². The second kappa shape index (κ2) is 9.44. The predicted octanol–water partition coefficient (Wildman–Crippen LogP) is 5.99. The number of hydrogen-bond donors (Lipinski definition) is 5. The minimum atomic E-state index is -1.50. The average molecular weight is 766 g/mol. The SMILES string of the molecule is O=C1OC2(c3cc(Br)c(O)c(Br)c3Oc3c2cc(Br)c(O)c3Br)c2cccc(NC(=S)NCCO)c21. The molecule has 0 fully saturated rings. The fraction of sp³-hybridized carbons (Fsp3) is 0.130. The lowest BCUT2D eigenvalue weighted by atomic mass is 9.77. The summed E-state index contributed by atoms with van der Waals surface area (Å²) in [5.41, 5.74) is 0.563. The third kappa shape index (κ3) is 3.74. The van der Waals surface area contributed by atoms with Crippen LogP contribution < -0.4 is 15.4 Å². The number of benzene rings is 3. The molecule has 0 aliphatic carbocycles. The van der Waals surface area contributed by atoms with Gasteiger partial charge in [0.05, 0.1) is 37.9 Å². The van der Waals surface area contributed by atoms with Gasteiger partial charge in [0.1, 0.15) is 20.4 Å².